The zero-order valence-electron chi connectivity index (χ0n) is 10.8. The summed E-state index contributed by atoms with van der Waals surface area (Å²) in [5.41, 5.74) is 1.37. The summed E-state index contributed by atoms with van der Waals surface area (Å²) in [4.78, 5) is 0. The summed E-state index contributed by atoms with van der Waals surface area (Å²) in [6, 6.07) is 15.0. The minimum absolute atomic E-state index is 0.265. The van der Waals surface area contributed by atoms with Gasteiger partial charge in [-0.25, -0.2) is 0 Å². The highest BCUT2D eigenvalue weighted by molar-refractivity contribution is 5.85. The summed E-state index contributed by atoms with van der Waals surface area (Å²) in [5.74, 6) is 0. The van der Waals surface area contributed by atoms with Gasteiger partial charge in [0, 0.05) is 0 Å². The van der Waals surface area contributed by atoms with Gasteiger partial charge in [0.25, 0.3) is 0 Å². The van der Waals surface area contributed by atoms with Crippen LogP contribution in [0.3, 0.4) is 0 Å². The van der Waals surface area contributed by atoms with Gasteiger partial charge in [-0.15, -0.1) is 0 Å². The van der Waals surface area contributed by atoms with Crippen LogP contribution < -0.4 is 0 Å². The van der Waals surface area contributed by atoms with E-state index < -0.39 is 0 Å². The van der Waals surface area contributed by atoms with Gasteiger partial charge in [0.05, 0.1) is 12.2 Å². The van der Waals surface area contributed by atoms with E-state index >= 15 is 0 Å². The van der Waals surface area contributed by atoms with Crippen molar-refractivity contribution < 1.29 is 4.74 Å². The molecule has 0 saturated carbocycles. The maximum absolute atomic E-state index is 5.80. The van der Waals surface area contributed by atoms with Crippen LogP contribution in [0.25, 0.3) is 10.8 Å². The van der Waals surface area contributed by atoms with Crippen LogP contribution in [0.4, 0.5) is 0 Å². The fraction of sp³-hybridized carbons (Fsp3) is 0.375. The third-order valence-corrected chi connectivity index (χ3v) is 2.89. The van der Waals surface area contributed by atoms with Crippen LogP contribution in [0.15, 0.2) is 42.5 Å². The third-order valence-electron chi connectivity index (χ3n) is 2.89. The molecular weight excluding hydrogens is 208 g/mol. The van der Waals surface area contributed by atoms with Gasteiger partial charge >= 0.3 is 0 Å². The second-order valence-electron chi connectivity index (χ2n) is 4.84. The molecule has 0 aliphatic rings. The molecule has 0 radical (unpaired) electrons. The molecular formula is C16H20O. The first-order chi connectivity index (χ1) is 8.16. The second-order valence-corrected chi connectivity index (χ2v) is 4.84. The van der Waals surface area contributed by atoms with Crippen LogP contribution >= 0.6 is 0 Å². The maximum Gasteiger partial charge on any atom is 0.0591 e. The molecule has 90 valence electrons. The molecule has 2 aromatic carbocycles. The zero-order chi connectivity index (χ0) is 12.3. The van der Waals surface area contributed by atoms with E-state index in [9.17, 15) is 0 Å². The molecule has 0 bridgehead atoms. The van der Waals surface area contributed by atoms with Crippen molar-refractivity contribution in [1.29, 1.82) is 0 Å². The number of ether oxygens (including phenoxy) is 1. The van der Waals surface area contributed by atoms with Crippen LogP contribution in [0.1, 0.15) is 26.3 Å². The number of benzene rings is 2. The van der Waals surface area contributed by atoms with Gasteiger partial charge in [-0.3, -0.25) is 0 Å². The summed E-state index contributed by atoms with van der Waals surface area (Å²) in [6.07, 6.45) is 1.53. The lowest BCUT2D eigenvalue weighted by Crippen LogP contribution is -2.16. The van der Waals surface area contributed by atoms with Gasteiger partial charge in [0.15, 0.2) is 0 Å². The Kier molecular flexibility index (Phi) is 3.80. The molecule has 0 amide bonds. The number of hydrogen-bond acceptors (Lipinski definition) is 1. The van der Waals surface area contributed by atoms with Crippen molar-refractivity contribution in [2.24, 2.45) is 0 Å². The predicted molar refractivity (Wildman–Crippen MR) is 73.3 cm³/mol. The van der Waals surface area contributed by atoms with E-state index in [-0.39, 0.29) is 6.10 Å². The largest absolute Gasteiger partial charge is 0.376 e. The van der Waals surface area contributed by atoms with E-state index in [4.69, 9.17) is 4.74 Å². The second kappa shape index (κ2) is 5.33. The molecule has 0 heterocycles. The van der Waals surface area contributed by atoms with Crippen LogP contribution in [0.5, 0.6) is 0 Å². The van der Waals surface area contributed by atoms with E-state index in [1.54, 1.807) is 0 Å². The Morgan fingerprint density at radius 1 is 0.941 bits per heavy atom. The van der Waals surface area contributed by atoms with Crippen LogP contribution in [0, 0.1) is 0 Å². The molecule has 1 nitrogen and oxygen atoms in total. The Hall–Kier alpha value is -1.34. The fourth-order valence-electron chi connectivity index (χ4n) is 2.29. The van der Waals surface area contributed by atoms with Gasteiger partial charge in [-0.2, -0.15) is 0 Å². The average molecular weight is 228 g/mol. The molecule has 1 heteroatoms. The monoisotopic (exact) mass is 228 g/mol. The van der Waals surface area contributed by atoms with Gasteiger partial charge in [-0.05, 0) is 43.5 Å². The first-order valence-electron chi connectivity index (χ1n) is 6.29. The predicted octanol–water partition coefficient (Wildman–Crippen LogP) is 4.20. The van der Waals surface area contributed by atoms with Crippen molar-refractivity contribution in [2.75, 3.05) is 0 Å². The molecule has 0 saturated heterocycles. The standard InChI is InChI=1S/C16H20O/c1-12(2)17-13(3)11-15-9-6-8-14-7-4-5-10-16(14)15/h4-10,12-13H,11H2,1-3H3. The molecule has 0 aliphatic carbocycles. The van der Waals surface area contributed by atoms with Crippen molar-refractivity contribution in [2.45, 2.75) is 39.4 Å². The smallest absolute Gasteiger partial charge is 0.0591 e. The van der Waals surface area contributed by atoms with Gasteiger partial charge in [-0.1, -0.05) is 42.5 Å². The highest BCUT2D eigenvalue weighted by atomic mass is 16.5. The van der Waals surface area contributed by atoms with E-state index in [1.807, 2.05) is 0 Å². The minimum Gasteiger partial charge on any atom is -0.376 e. The Labute approximate surface area is 103 Å². The first kappa shape index (κ1) is 12.1. The molecule has 0 aliphatic heterocycles. The summed E-state index contributed by atoms with van der Waals surface area (Å²) < 4.78 is 5.80. The molecule has 0 fully saturated rings. The van der Waals surface area contributed by atoms with Crippen molar-refractivity contribution in [3.05, 3.63) is 48.0 Å². The molecule has 0 N–H and O–H groups in total. The third kappa shape index (κ3) is 3.07. The highest BCUT2D eigenvalue weighted by Crippen LogP contribution is 2.20. The minimum atomic E-state index is 0.265. The lowest BCUT2D eigenvalue weighted by atomic mass is 10.0. The summed E-state index contributed by atoms with van der Waals surface area (Å²) in [6.45, 7) is 6.31. The summed E-state index contributed by atoms with van der Waals surface area (Å²) >= 11 is 0. The van der Waals surface area contributed by atoms with Gasteiger partial charge < -0.3 is 4.74 Å². The molecule has 17 heavy (non-hydrogen) atoms. The van der Waals surface area contributed by atoms with Crippen molar-refractivity contribution in [1.82, 2.24) is 0 Å². The summed E-state index contributed by atoms with van der Waals surface area (Å²) in [5, 5.41) is 2.65. The molecule has 1 unspecified atom stereocenters. The molecule has 1 atom stereocenters. The quantitative estimate of drug-likeness (QED) is 0.762. The highest BCUT2D eigenvalue weighted by Gasteiger charge is 2.08. The molecule has 2 rings (SSSR count). The van der Waals surface area contributed by atoms with Crippen LogP contribution in [-0.4, -0.2) is 12.2 Å². The fourth-order valence-corrected chi connectivity index (χ4v) is 2.29. The normalized spacial score (nSPS) is 13.2. The van der Waals surface area contributed by atoms with Gasteiger partial charge in [0.1, 0.15) is 0 Å². The first-order valence-corrected chi connectivity index (χ1v) is 6.29. The molecule has 0 aromatic heterocycles. The van der Waals surface area contributed by atoms with Gasteiger partial charge in [0.2, 0.25) is 0 Å². The van der Waals surface area contributed by atoms with E-state index in [2.05, 4.69) is 63.2 Å². The maximum atomic E-state index is 5.80. The summed E-state index contributed by atoms with van der Waals surface area (Å²) in [7, 11) is 0. The van der Waals surface area contributed by atoms with E-state index in [1.165, 1.54) is 16.3 Å². The molecule has 2 aromatic rings. The Morgan fingerprint density at radius 2 is 1.65 bits per heavy atom. The molecule has 0 spiro atoms. The number of rotatable bonds is 4. The van der Waals surface area contributed by atoms with E-state index in [0.29, 0.717) is 6.10 Å². The lowest BCUT2D eigenvalue weighted by molar-refractivity contribution is 0.0196. The number of fused-ring (bicyclic) bond motifs is 1. The lowest BCUT2D eigenvalue weighted by Gasteiger charge is -2.17. The number of hydrogen-bond donors (Lipinski definition) is 0. The zero-order valence-corrected chi connectivity index (χ0v) is 10.8. The Balaban J connectivity index is 2.24. The Morgan fingerprint density at radius 3 is 2.41 bits per heavy atom. The van der Waals surface area contributed by atoms with Crippen molar-refractivity contribution in [3.63, 3.8) is 0 Å². The van der Waals surface area contributed by atoms with E-state index in [0.717, 1.165) is 6.42 Å². The van der Waals surface area contributed by atoms with Crippen LogP contribution in [0.2, 0.25) is 0 Å². The Bertz CT molecular complexity index is 482. The van der Waals surface area contributed by atoms with Crippen molar-refractivity contribution in [3.8, 4) is 0 Å². The van der Waals surface area contributed by atoms with Crippen molar-refractivity contribution >= 4 is 10.8 Å². The topological polar surface area (TPSA) is 9.23 Å². The van der Waals surface area contributed by atoms with Crippen LogP contribution in [-0.2, 0) is 11.2 Å². The SMILES string of the molecule is CC(C)OC(C)Cc1cccc2ccccc12. The average Bonchev–Trinajstić information content (AvgIpc) is 2.28.